The molecule has 1 N–H and O–H groups in total. The van der Waals surface area contributed by atoms with Gasteiger partial charge in [0.25, 0.3) is 5.91 Å². The summed E-state index contributed by atoms with van der Waals surface area (Å²) in [6, 6.07) is 5.24. The van der Waals surface area contributed by atoms with Crippen LogP contribution in [-0.4, -0.2) is 22.6 Å². The molecule has 1 aromatic carbocycles. The highest BCUT2D eigenvalue weighted by atomic mass is 16.5. The summed E-state index contributed by atoms with van der Waals surface area (Å²) in [6.07, 6.45) is 3.16. The van der Waals surface area contributed by atoms with Crippen LogP contribution in [0.1, 0.15) is 36.5 Å². The number of nitrogens with zero attached hydrogens (tertiary/aromatic N) is 2. The molecular formula is C16H17N3O3. The maximum atomic E-state index is 12.1. The summed E-state index contributed by atoms with van der Waals surface area (Å²) in [4.78, 5) is 16.4. The van der Waals surface area contributed by atoms with Crippen molar-refractivity contribution < 1.29 is 13.7 Å². The van der Waals surface area contributed by atoms with Crippen LogP contribution in [0, 0.1) is 0 Å². The first kappa shape index (κ1) is 14.3. The van der Waals surface area contributed by atoms with E-state index in [0.29, 0.717) is 41.4 Å². The van der Waals surface area contributed by atoms with Crippen LogP contribution in [0.5, 0.6) is 0 Å². The smallest absolute Gasteiger partial charge is 0.251 e. The monoisotopic (exact) mass is 299 g/mol. The van der Waals surface area contributed by atoms with Gasteiger partial charge < -0.3 is 14.3 Å². The van der Waals surface area contributed by atoms with Gasteiger partial charge in [0.15, 0.2) is 11.5 Å². The third-order valence-corrected chi connectivity index (χ3v) is 3.36. The Bertz CT molecular complexity index is 804. The topological polar surface area (TPSA) is 81.2 Å². The molecule has 0 fully saturated rings. The zero-order valence-corrected chi connectivity index (χ0v) is 12.5. The highest BCUT2D eigenvalue weighted by Gasteiger charge is 2.16. The van der Waals surface area contributed by atoms with Gasteiger partial charge in [-0.25, -0.2) is 4.98 Å². The molecule has 3 rings (SSSR count). The maximum absolute atomic E-state index is 12.1. The number of benzene rings is 1. The first-order valence-electron chi connectivity index (χ1n) is 7.35. The number of aryl methyl sites for hydroxylation is 1. The number of oxazole rings is 1. The molecule has 0 saturated carbocycles. The lowest BCUT2D eigenvalue weighted by atomic mass is 10.1. The van der Waals surface area contributed by atoms with Crippen LogP contribution < -0.4 is 5.32 Å². The van der Waals surface area contributed by atoms with Gasteiger partial charge in [0.05, 0.1) is 5.39 Å². The minimum atomic E-state index is -0.106. The number of carbonyl (C=O) groups excluding carboxylic acids is 1. The van der Waals surface area contributed by atoms with E-state index in [1.165, 1.54) is 0 Å². The molecule has 114 valence electrons. The Morgan fingerprint density at radius 3 is 2.91 bits per heavy atom. The van der Waals surface area contributed by atoms with E-state index in [1.54, 1.807) is 24.5 Å². The fourth-order valence-electron chi connectivity index (χ4n) is 2.19. The fraction of sp³-hybridized carbons (Fsp3) is 0.312. The van der Waals surface area contributed by atoms with Crippen molar-refractivity contribution in [1.29, 1.82) is 0 Å². The predicted octanol–water partition coefficient (Wildman–Crippen LogP) is 3.19. The third kappa shape index (κ3) is 2.59. The van der Waals surface area contributed by atoms with Crippen LogP contribution in [0.4, 0.5) is 0 Å². The van der Waals surface area contributed by atoms with Gasteiger partial charge in [-0.1, -0.05) is 19.0 Å². The summed E-state index contributed by atoms with van der Waals surface area (Å²) in [6.45, 7) is 4.63. The Morgan fingerprint density at radius 1 is 1.32 bits per heavy atom. The summed E-state index contributed by atoms with van der Waals surface area (Å²) in [5, 5.41) is 7.65. The Labute approximate surface area is 127 Å². The van der Waals surface area contributed by atoms with Gasteiger partial charge in [-0.05, 0) is 24.6 Å². The minimum absolute atomic E-state index is 0.106. The molecule has 0 atom stereocenters. The number of amides is 1. The molecule has 2 heterocycles. The summed E-state index contributed by atoms with van der Waals surface area (Å²) in [5.41, 5.74) is 2.39. The second-order valence-electron chi connectivity index (χ2n) is 4.98. The van der Waals surface area contributed by atoms with Crippen LogP contribution in [-0.2, 0) is 6.42 Å². The number of aromatic nitrogens is 2. The molecule has 3 aromatic rings. The molecule has 6 nitrogen and oxygen atoms in total. The van der Waals surface area contributed by atoms with Crippen LogP contribution in [0.15, 0.2) is 33.4 Å². The zero-order valence-electron chi connectivity index (χ0n) is 12.5. The van der Waals surface area contributed by atoms with E-state index < -0.39 is 0 Å². The van der Waals surface area contributed by atoms with Gasteiger partial charge in [-0.3, -0.25) is 4.79 Å². The van der Waals surface area contributed by atoms with Crippen LogP contribution >= 0.6 is 0 Å². The Kier molecular flexibility index (Phi) is 3.91. The van der Waals surface area contributed by atoms with E-state index in [0.717, 1.165) is 11.8 Å². The molecule has 0 spiro atoms. The largest absolute Gasteiger partial charge is 0.448 e. The van der Waals surface area contributed by atoms with Gasteiger partial charge in [0.1, 0.15) is 17.7 Å². The SMILES string of the molecule is CCCNC(=O)c1ccc2onc(-c3coc(CC)n3)c2c1. The number of rotatable bonds is 5. The minimum Gasteiger partial charge on any atom is -0.448 e. The van der Waals surface area contributed by atoms with Crippen molar-refractivity contribution >= 4 is 16.9 Å². The second-order valence-corrected chi connectivity index (χ2v) is 4.98. The normalized spacial score (nSPS) is 11.0. The van der Waals surface area contributed by atoms with Crippen molar-refractivity contribution in [2.24, 2.45) is 0 Å². The lowest BCUT2D eigenvalue weighted by Gasteiger charge is -2.03. The Morgan fingerprint density at radius 2 is 2.18 bits per heavy atom. The number of hydrogen-bond donors (Lipinski definition) is 1. The number of fused-ring (bicyclic) bond motifs is 1. The van der Waals surface area contributed by atoms with Crippen molar-refractivity contribution in [3.8, 4) is 11.4 Å². The molecule has 0 aliphatic rings. The summed E-state index contributed by atoms with van der Waals surface area (Å²) in [7, 11) is 0. The van der Waals surface area contributed by atoms with E-state index in [4.69, 9.17) is 8.94 Å². The van der Waals surface area contributed by atoms with E-state index in [-0.39, 0.29) is 5.91 Å². The van der Waals surface area contributed by atoms with E-state index in [2.05, 4.69) is 15.5 Å². The molecule has 0 saturated heterocycles. The van der Waals surface area contributed by atoms with Crippen LogP contribution in [0.3, 0.4) is 0 Å². The number of carbonyl (C=O) groups is 1. The molecule has 0 bridgehead atoms. The average molecular weight is 299 g/mol. The van der Waals surface area contributed by atoms with Gasteiger partial charge in [-0.2, -0.15) is 0 Å². The molecule has 22 heavy (non-hydrogen) atoms. The lowest BCUT2D eigenvalue weighted by Crippen LogP contribution is -2.23. The molecule has 0 aliphatic heterocycles. The molecule has 1 amide bonds. The molecular weight excluding hydrogens is 282 g/mol. The second kappa shape index (κ2) is 6.01. The molecule has 0 aliphatic carbocycles. The Hall–Kier alpha value is -2.63. The first-order valence-corrected chi connectivity index (χ1v) is 7.35. The fourth-order valence-corrected chi connectivity index (χ4v) is 2.19. The number of hydrogen-bond acceptors (Lipinski definition) is 5. The molecule has 0 radical (unpaired) electrons. The standard InChI is InChI=1S/C16H17N3O3/c1-3-7-17-16(20)10-5-6-13-11(8-10)15(19-22-13)12-9-21-14(4-2)18-12/h5-6,8-9H,3-4,7H2,1-2H3,(H,17,20). The maximum Gasteiger partial charge on any atom is 0.251 e. The van der Waals surface area contributed by atoms with Gasteiger partial charge in [-0.15, -0.1) is 0 Å². The lowest BCUT2D eigenvalue weighted by molar-refractivity contribution is 0.0954. The average Bonchev–Trinajstić information content (AvgIpc) is 3.17. The van der Waals surface area contributed by atoms with E-state index in [1.807, 2.05) is 13.8 Å². The van der Waals surface area contributed by atoms with Crippen molar-refractivity contribution in [3.05, 3.63) is 35.9 Å². The summed E-state index contributed by atoms with van der Waals surface area (Å²) < 4.78 is 10.6. The number of nitrogens with one attached hydrogen (secondary N) is 1. The highest BCUT2D eigenvalue weighted by Crippen LogP contribution is 2.28. The summed E-state index contributed by atoms with van der Waals surface area (Å²) >= 11 is 0. The third-order valence-electron chi connectivity index (χ3n) is 3.36. The van der Waals surface area contributed by atoms with Crippen LogP contribution in [0.2, 0.25) is 0 Å². The quantitative estimate of drug-likeness (QED) is 0.782. The van der Waals surface area contributed by atoms with Gasteiger partial charge in [0.2, 0.25) is 0 Å². The van der Waals surface area contributed by atoms with Gasteiger partial charge >= 0.3 is 0 Å². The van der Waals surface area contributed by atoms with Crippen molar-refractivity contribution in [3.63, 3.8) is 0 Å². The van der Waals surface area contributed by atoms with E-state index in [9.17, 15) is 4.79 Å². The van der Waals surface area contributed by atoms with E-state index >= 15 is 0 Å². The Balaban J connectivity index is 1.99. The zero-order chi connectivity index (χ0) is 15.5. The van der Waals surface area contributed by atoms with Crippen molar-refractivity contribution in [2.75, 3.05) is 6.54 Å². The molecule has 6 heteroatoms. The highest BCUT2D eigenvalue weighted by molar-refractivity contribution is 6.00. The predicted molar refractivity (Wildman–Crippen MR) is 81.5 cm³/mol. The van der Waals surface area contributed by atoms with Crippen molar-refractivity contribution in [1.82, 2.24) is 15.5 Å². The first-order chi connectivity index (χ1) is 10.7. The van der Waals surface area contributed by atoms with Crippen LogP contribution in [0.25, 0.3) is 22.4 Å². The molecule has 0 unspecified atom stereocenters. The van der Waals surface area contributed by atoms with Crippen molar-refractivity contribution in [2.45, 2.75) is 26.7 Å². The molecule has 2 aromatic heterocycles. The van der Waals surface area contributed by atoms with Gasteiger partial charge in [0, 0.05) is 18.5 Å². The summed E-state index contributed by atoms with van der Waals surface area (Å²) in [5.74, 6) is 0.535.